The standard InChI is InChI=1S/C12H15BrO3S/c1-2-16-6-3-7-17-11-8-9(13)4-5-10(11)12(14)15/h4-5,8H,2-3,6-7H2,1H3,(H,14,15). The molecule has 0 heterocycles. The number of carbonyl (C=O) groups is 1. The van der Waals surface area contributed by atoms with E-state index in [4.69, 9.17) is 9.84 Å². The molecule has 0 aliphatic rings. The topological polar surface area (TPSA) is 46.5 Å². The van der Waals surface area contributed by atoms with Crippen LogP contribution < -0.4 is 0 Å². The lowest BCUT2D eigenvalue weighted by atomic mass is 10.2. The monoisotopic (exact) mass is 318 g/mol. The van der Waals surface area contributed by atoms with Crippen molar-refractivity contribution in [1.29, 1.82) is 0 Å². The molecule has 5 heteroatoms. The summed E-state index contributed by atoms with van der Waals surface area (Å²) in [4.78, 5) is 11.8. The van der Waals surface area contributed by atoms with Gasteiger partial charge in [0.25, 0.3) is 0 Å². The van der Waals surface area contributed by atoms with Crippen molar-refractivity contribution in [3.05, 3.63) is 28.2 Å². The first kappa shape index (κ1) is 14.5. The zero-order valence-electron chi connectivity index (χ0n) is 9.61. The van der Waals surface area contributed by atoms with Gasteiger partial charge in [-0.05, 0) is 31.5 Å². The van der Waals surface area contributed by atoms with Crippen LogP contribution in [0.4, 0.5) is 0 Å². The Bertz CT molecular complexity index is 382. The summed E-state index contributed by atoms with van der Waals surface area (Å²) in [7, 11) is 0. The molecule has 0 spiro atoms. The van der Waals surface area contributed by atoms with Crippen molar-refractivity contribution in [2.24, 2.45) is 0 Å². The Labute approximate surface area is 114 Å². The van der Waals surface area contributed by atoms with E-state index < -0.39 is 5.97 Å². The molecule has 0 aliphatic carbocycles. The number of hydrogen-bond acceptors (Lipinski definition) is 3. The Hall–Kier alpha value is -0.520. The molecule has 1 rings (SSSR count). The fourth-order valence-corrected chi connectivity index (χ4v) is 2.80. The van der Waals surface area contributed by atoms with Crippen LogP contribution in [0.3, 0.4) is 0 Å². The number of thioether (sulfide) groups is 1. The molecule has 0 atom stereocenters. The van der Waals surface area contributed by atoms with Gasteiger partial charge in [-0.25, -0.2) is 4.79 Å². The molecule has 0 fully saturated rings. The minimum Gasteiger partial charge on any atom is -0.478 e. The normalized spacial score (nSPS) is 10.5. The van der Waals surface area contributed by atoms with E-state index in [1.165, 1.54) is 0 Å². The molecule has 0 bridgehead atoms. The Morgan fingerprint density at radius 1 is 1.53 bits per heavy atom. The van der Waals surface area contributed by atoms with Gasteiger partial charge in [0.2, 0.25) is 0 Å². The summed E-state index contributed by atoms with van der Waals surface area (Å²) in [6.07, 6.45) is 0.921. The number of aromatic carboxylic acids is 1. The molecule has 0 saturated heterocycles. The predicted molar refractivity (Wildman–Crippen MR) is 72.9 cm³/mol. The number of rotatable bonds is 7. The first-order valence-corrected chi connectivity index (χ1v) is 7.16. The highest BCUT2D eigenvalue weighted by Gasteiger charge is 2.10. The second kappa shape index (κ2) is 7.74. The van der Waals surface area contributed by atoms with Crippen molar-refractivity contribution in [1.82, 2.24) is 0 Å². The third-order valence-corrected chi connectivity index (χ3v) is 3.70. The zero-order valence-corrected chi connectivity index (χ0v) is 12.0. The smallest absolute Gasteiger partial charge is 0.336 e. The van der Waals surface area contributed by atoms with Crippen molar-refractivity contribution < 1.29 is 14.6 Å². The van der Waals surface area contributed by atoms with Crippen LogP contribution >= 0.6 is 27.7 Å². The van der Waals surface area contributed by atoms with Crippen molar-refractivity contribution in [3.8, 4) is 0 Å². The summed E-state index contributed by atoms with van der Waals surface area (Å²) in [5, 5.41) is 9.04. The van der Waals surface area contributed by atoms with E-state index in [9.17, 15) is 4.79 Å². The molecule has 1 aromatic carbocycles. The van der Waals surface area contributed by atoms with Gasteiger partial charge in [-0.15, -0.1) is 11.8 Å². The quantitative estimate of drug-likeness (QED) is 0.615. The molecular weight excluding hydrogens is 304 g/mol. The molecule has 1 aromatic rings. The lowest BCUT2D eigenvalue weighted by molar-refractivity contribution is 0.0693. The Morgan fingerprint density at radius 3 is 2.94 bits per heavy atom. The molecule has 1 N–H and O–H groups in total. The van der Waals surface area contributed by atoms with Crippen LogP contribution in [0.2, 0.25) is 0 Å². The van der Waals surface area contributed by atoms with Gasteiger partial charge in [0, 0.05) is 28.3 Å². The molecule has 0 aromatic heterocycles. The molecule has 3 nitrogen and oxygen atoms in total. The van der Waals surface area contributed by atoms with E-state index in [0.717, 1.165) is 34.8 Å². The second-order valence-electron chi connectivity index (χ2n) is 3.34. The number of hydrogen-bond donors (Lipinski definition) is 1. The fourth-order valence-electron chi connectivity index (χ4n) is 1.28. The van der Waals surface area contributed by atoms with Gasteiger partial charge < -0.3 is 9.84 Å². The molecule has 94 valence electrons. The van der Waals surface area contributed by atoms with Crippen LogP contribution in [0.25, 0.3) is 0 Å². The van der Waals surface area contributed by atoms with E-state index in [0.29, 0.717) is 5.56 Å². The first-order chi connectivity index (χ1) is 8.15. The third-order valence-electron chi connectivity index (χ3n) is 2.07. The average Bonchev–Trinajstić information content (AvgIpc) is 2.28. The van der Waals surface area contributed by atoms with Crippen molar-refractivity contribution >= 4 is 33.7 Å². The van der Waals surface area contributed by atoms with Crippen molar-refractivity contribution in [3.63, 3.8) is 0 Å². The number of carboxylic acids is 1. The molecule has 17 heavy (non-hydrogen) atoms. The molecular formula is C12H15BrO3S. The van der Waals surface area contributed by atoms with Gasteiger partial charge in [-0.3, -0.25) is 0 Å². The van der Waals surface area contributed by atoms with E-state index >= 15 is 0 Å². The summed E-state index contributed by atoms with van der Waals surface area (Å²) in [6.45, 7) is 3.41. The number of carboxylic acid groups (broad SMARTS) is 1. The van der Waals surface area contributed by atoms with Gasteiger partial charge in [0.1, 0.15) is 0 Å². The van der Waals surface area contributed by atoms with Crippen LogP contribution in [0.5, 0.6) is 0 Å². The van der Waals surface area contributed by atoms with Crippen LogP contribution in [0, 0.1) is 0 Å². The minimum absolute atomic E-state index is 0.356. The second-order valence-corrected chi connectivity index (χ2v) is 5.40. The zero-order chi connectivity index (χ0) is 12.7. The summed E-state index contributed by atoms with van der Waals surface area (Å²) in [6, 6.07) is 5.21. The highest BCUT2D eigenvalue weighted by atomic mass is 79.9. The van der Waals surface area contributed by atoms with Crippen LogP contribution in [0.15, 0.2) is 27.6 Å². The maximum absolute atomic E-state index is 11.0. The highest BCUT2D eigenvalue weighted by Crippen LogP contribution is 2.27. The van der Waals surface area contributed by atoms with Gasteiger partial charge in [-0.2, -0.15) is 0 Å². The largest absolute Gasteiger partial charge is 0.478 e. The predicted octanol–water partition coefficient (Wildman–Crippen LogP) is 3.67. The number of halogens is 1. The number of ether oxygens (including phenoxy) is 1. The third kappa shape index (κ3) is 5.10. The van der Waals surface area contributed by atoms with Crippen molar-refractivity contribution in [2.75, 3.05) is 19.0 Å². The highest BCUT2D eigenvalue weighted by molar-refractivity contribution is 9.10. The number of benzene rings is 1. The Morgan fingerprint density at radius 2 is 2.29 bits per heavy atom. The van der Waals surface area contributed by atoms with Gasteiger partial charge in [0.05, 0.1) is 5.56 Å². The van der Waals surface area contributed by atoms with Gasteiger partial charge in [0.15, 0.2) is 0 Å². The molecule has 0 radical (unpaired) electrons. The summed E-state index contributed by atoms with van der Waals surface area (Å²) < 4.78 is 6.13. The average molecular weight is 319 g/mol. The van der Waals surface area contributed by atoms with E-state index in [2.05, 4.69) is 15.9 Å². The molecule has 0 unspecified atom stereocenters. The lowest BCUT2D eigenvalue weighted by Crippen LogP contribution is -2.00. The molecule has 0 amide bonds. The van der Waals surface area contributed by atoms with Crippen LogP contribution in [0.1, 0.15) is 23.7 Å². The minimum atomic E-state index is -0.884. The van der Waals surface area contributed by atoms with Gasteiger partial charge in [-0.1, -0.05) is 15.9 Å². The summed E-state index contributed by atoms with van der Waals surface area (Å²) >= 11 is 4.90. The first-order valence-electron chi connectivity index (χ1n) is 5.38. The molecule has 0 aliphatic heterocycles. The summed E-state index contributed by atoms with van der Waals surface area (Å²) in [5.41, 5.74) is 0.356. The SMILES string of the molecule is CCOCCCSc1cc(Br)ccc1C(=O)O. The Kier molecular flexibility index (Phi) is 6.62. The van der Waals surface area contributed by atoms with Gasteiger partial charge >= 0.3 is 5.97 Å². The van der Waals surface area contributed by atoms with E-state index in [-0.39, 0.29) is 0 Å². The maximum atomic E-state index is 11.0. The van der Waals surface area contributed by atoms with E-state index in [1.807, 2.05) is 13.0 Å². The van der Waals surface area contributed by atoms with Crippen LogP contribution in [-0.2, 0) is 4.74 Å². The van der Waals surface area contributed by atoms with Crippen molar-refractivity contribution in [2.45, 2.75) is 18.2 Å². The molecule has 0 saturated carbocycles. The fraction of sp³-hybridized carbons (Fsp3) is 0.417. The Balaban J connectivity index is 2.56. The van der Waals surface area contributed by atoms with Crippen LogP contribution in [-0.4, -0.2) is 30.0 Å². The summed E-state index contributed by atoms with van der Waals surface area (Å²) in [5.74, 6) is -0.0266. The maximum Gasteiger partial charge on any atom is 0.336 e. The van der Waals surface area contributed by atoms with E-state index in [1.54, 1.807) is 23.9 Å². The lowest BCUT2D eigenvalue weighted by Gasteiger charge is -2.06.